The zero-order valence-electron chi connectivity index (χ0n) is 34.0. The van der Waals surface area contributed by atoms with Gasteiger partial charge in [0.2, 0.25) is 5.91 Å². The fourth-order valence-corrected chi connectivity index (χ4v) is 6.29. The summed E-state index contributed by atoms with van der Waals surface area (Å²) in [4.78, 5) is 12.9. The van der Waals surface area contributed by atoms with E-state index in [0.717, 1.165) is 77.0 Å². The molecule has 54 heavy (non-hydrogen) atoms. The first-order valence-corrected chi connectivity index (χ1v) is 21.5. The van der Waals surface area contributed by atoms with Crippen LogP contribution in [0.4, 0.5) is 0 Å². The van der Waals surface area contributed by atoms with E-state index in [4.69, 9.17) is 9.47 Å². The van der Waals surface area contributed by atoms with Gasteiger partial charge in [0.1, 0.15) is 24.4 Å². The number of unbranched alkanes of at least 4 members (excludes halogenated alkanes) is 17. The molecular weight excluding hydrogens is 682 g/mol. The minimum atomic E-state index is -1.58. The first-order valence-electron chi connectivity index (χ1n) is 21.5. The van der Waals surface area contributed by atoms with Gasteiger partial charge in [0.05, 0.1) is 25.4 Å². The summed E-state index contributed by atoms with van der Waals surface area (Å²) in [6.07, 6.45) is 38.3. The lowest BCUT2D eigenvalue weighted by Crippen LogP contribution is -2.60. The second kappa shape index (κ2) is 35.3. The molecule has 1 rings (SSSR count). The Morgan fingerprint density at radius 2 is 1.11 bits per heavy atom. The molecule has 0 aromatic carbocycles. The van der Waals surface area contributed by atoms with Crippen molar-refractivity contribution in [1.29, 1.82) is 0 Å². The number of aliphatic hydroxyl groups is 5. The van der Waals surface area contributed by atoms with E-state index >= 15 is 0 Å². The van der Waals surface area contributed by atoms with Gasteiger partial charge in [-0.25, -0.2) is 0 Å². The number of amides is 1. The van der Waals surface area contributed by atoms with Gasteiger partial charge in [0, 0.05) is 6.42 Å². The summed E-state index contributed by atoms with van der Waals surface area (Å²) >= 11 is 0. The Hall–Kier alpha value is -2.11. The molecule has 1 amide bonds. The van der Waals surface area contributed by atoms with Gasteiger partial charge in [-0.1, -0.05) is 145 Å². The summed E-state index contributed by atoms with van der Waals surface area (Å²) in [5.41, 5.74) is 0. The van der Waals surface area contributed by atoms with Crippen LogP contribution in [0.3, 0.4) is 0 Å². The number of carbonyl (C=O) groups is 1. The van der Waals surface area contributed by atoms with Gasteiger partial charge in [-0.15, -0.1) is 0 Å². The van der Waals surface area contributed by atoms with Crippen LogP contribution in [0.1, 0.15) is 162 Å². The Bertz CT molecular complexity index is 1030. The molecule has 0 aromatic heterocycles. The number of hydrogen-bond donors (Lipinski definition) is 6. The molecule has 1 heterocycles. The van der Waals surface area contributed by atoms with Crippen LogP contribution in [0.15, 0.2) is 60.8 Å². The maximum absolute atomic E-state index is 12.9. The van der Waals surface area contributed by atoms with Crippen molar-refractivity contribution in [2.75, 3.05) is 13.2 Å². The van der Waals surface area contributed by atoms with Crippen LogP contribution in [-0.2, 0) is 14.3 Å². The third kappa shape index (κ3) is 25.9. The van der Waals surface area contributed by atoms with Gasteiger partial charge in [-0.05, 0) is 70.6 Å². The van der Waals surface area contributed by atoms with Gasteiger partial charge < -0.3 is 40.3 Å². The molecule has 1 fully saturated rings. The van der Waals surface area contributed by atoms with E-state index in [1.807, 2.05) is 6.08 Å². The first-order chi connectivity index (χ1) is 26.3. The SMILES string of the molecule is CCCCC/C=C\C=C/CCCCCCCCC(=O)NC(COC1OC(CO)C(O)C(O)C1O)C(O)/C=C/CC/C=C/CC/C=C/CCCCCCCC. The summed E-state index contributed by atoms with van der Waals surface area (Å²) < 4.78 is 11.2. The molecule has 0 aromatic rings. The average Bonchev–Trinajstić information content (AvgIpc) is 3.17. The molecule has 9 heteroatoms. The fourth-order valence-electron chi connectivity index (χ4n) is 6.29. The van der Waals surface area contributed by atoms with Crippen LogP contribution in [0.2, 0.25) is 0 Å². The largest absolute Gasteiger partial charge is 0.394 e. The standard InChI is InChI=1S/C45H79NO8/c1-3-5-7-9-11-13-15-17-19-21-22-24-26-28-30-32-34-39(48)38(37-53-45-44(52)43(51)42(50)40(36-47)54-45)46-41(49)35-33-31-29-27-25-23-20-18-16-14-12-10-8-6-4-2/h12,14,16-19,24,26,32,34,38-40,42-45,47-48,50-52H,3-11,13,15,20-23,25,27-31,33,35-37H2,1-2H3,(H,46,49)/b14-12-,18-16-,19-17+,26-24+,34-32+. The van der Waals surface area contributed by atoms with E-state index in [9.17, 15) is 30.3 Å². The monoisotopic (exact) mass is 762 g/mol. The van der Waals surface area contributed by atoms with E-state index in [-0.39, 0.29) is 12.5 Å². The van der Waals surface area contributed by atoms with Gasteiger partial charge in [-0.2, -0.15) is 0 Å². The maximum Gasteiger partial charge on any atom is 0.220 e. The Kier molecular flexibility index (Phi) is 32.6. The molecule has 0 saturated carbocycles. The van der Waals surface area contributed by atoms with Crippen LogP contribution in [0, 0.1) is 0 Å². The molecule has 7 atom stereocenters. The highest BCUT2D eigenvalue weighted by molar-refractivity contribution is 5.76. The van der Waals surface area contributed by atoms with Crippen LogP contribution >= 0.6 is 0 Å². The van der Waals surface area contributed by atoms with E-state index in [2.05, 4.69) is 67.8 Å². The zero-order chi connectivity index (χ0) is 39.5. The molecule has 9 nitrogen and oxygen atoms in total. The summed E-state index contributed by atoms with van der Waals surface area (Å²) in [7, 11) is 0. The van der Waals surface area contributed by atoms with E-state index < -0.39 is 49.5 Å². The van der Waals surface area contributed by atoms with Crippen molar-refractivity contribution in [3.05, 3.63) is 60.8 Å². The van der Waals surface area contributed by atoms with Crippen molar-refractivity contribution >= 4 is 5.91 Å². The van der Waals surface area contributed by atoms with Gasteiger partial charge in [0.25, 0.3) is 0 Å². The van der Waals surface area contributed by atoms with E-state index in [1.165, 1.54) is 64.2 Å². The molecule has 6 N–H and O–H groups in total. The Morgan fingerprint density at radius 3 is 1.70 bits per heavy atom. The predicted octanol–water partition coefficient (Wildman–Crippen LogP) is 8.44. The molecule has 7 unspecified atom stereocenters. The fraction of sp³-hybridized carbons (Fsp3) is 0.756. The zero-order valence-corrected chi connectivity index (χ0v) is 34.0. The second-order valence-electron chi connectivity index (χ2n) is 14.8. The van der Waals surface area contributed by atoms with Gasteiger partial charge >= 0.3 is 0 Å². The number of hydrogen-bond acceptors (Lipinski definition) is 8. The quantitative estimate of drug-likeness (QED) is 0.0218. The van der Waals surface area contributed by atoms with E-state index in [0.29, 0.717) is 6.42 Å². The molecule has 0 bridgehead atoms. The number of nitrogens with one attached hydrogen (secondary N) is 1. The van der Waals surface area contributed by atoms with Crippen molar-refractivity contribution < 1.29 is 39.8 Å². The van der Waals surface area contributed by atoms with Crippen LogP contribution in [0.25, 0.3) is 0 Å². The highest BCUT2D eigenvalue weighted by Gasteiger charge is 2.44. The van der Waals surface area contributed by atoms with Crippen molar-refractivity contribution in [3.63, 3.8) is 0 Å². The maximum atomic E-state index is 12.9. The summed E-state index contributed by atoms with van der Waals surface area (Å²) in [5, 5.41) is 54.0. The highest BCUT2D eigenvalue weighted by atomic mass is 16.7. The highest BCUT2D eigenvalue weighted by Crippen LogP contribution is 2.22. The Labute approximate surface area is 328 Å². The van der Waals surface area contributed by atoms with Crippen molar-refractivity contribution in [2.45, 2.75) is 204 Å². The van der Waals surface area contributed by atoms with Crippen molar-refractivity contribution in [3.8, 4) is 0 Å². The number of allylic oxidation sites excluding steroid dienone is 9. The molecule has 0 radical (unpaired) electrons. The third-order valence-corrected chi connectivity index (χ3v) is 9.82. The second-order valence-corrected chi connectivity index (χ2v) is 14.8. The molecule has 0 aliphatic carbocycles. The normalized spacial score (nSPS) is 22.1. The van der Waals surface area contributed by atoms with Crippen LogP contribution in [0.5, 0.6) is 0 Å². The predicted molar refractivity (Wildman–Crippen MR) is 221 cm³/mol. The van der Waals surface area contributed by atoms with Crippen LogP contribution < -0.4 is 5.32 Å². The molecule has 0 spiro atoms. The molecule has 1 aliphatic heterocycles. The first kappa shape index (κ1) is 49.9. The molecular formula is C45H79NO8. The molecule has 1 aliphatic rings. The third-order valence-electron chi connectivity index (χ3n) is 9.82. The van der Waals surface area contributed by atoms with E-state index in [1.54, 1.807) is 6.08 Å². The lowest BCUT2D eigenvalue weighted by Gasteiger charge is -2.40. The van der Waals surface area contributed by atoms with Gasteiger partial charge in [-0.3, -0.25) is 4.79 Å². The summed E-state index contributed by atoms with van der Waals surface area (Å²) in [6, 6.07) is -0.834. The Balaban J connectivity index is 2.46. The summed E-state index contributed by atoms with van der Waals surface area (Å²) in [5.74, 6) is -0.207. The number of rotatable bonds is 34. The lowest BCUT2D eigenvalue weighted by atomic mass is 9.99. The number of ether oxygens (including phenoxy) is 2. The lowest BCUT2D eigenvalue weighted by molar-refractivity contribution is -0.302. The van der Waals surface area contributed by atoms with Crippen molar-refractivity contribution in [2.24, 2.45) is 0 Å². The van der Waals surface area contributed by atoms with Gasteiger partial charge in [0.15, 0.2) is 6.29 Å². The minimum absolute atomic E-state index is 0.207. The molecule has 312 valence electrons. The smallest absolute Gasteiger partial charge is 0.220 e. The number of aliphatic hydroxyl groups excluding tert-OH is 5. The Morgan fingerprint density at radius 1 is 0.630 bits per heavy atom. The van der Waals surface area contributed by atoms with Crippen LogP contribution in [-0.4, -0.2) is 87.5 Å². The molecule has 1 saturated heterocycles. The van der Waals surface area contributed by atoms with Crippen molar-refractivity contribution in [1.82, 2.24) is 5.32 Å². The number of carbonyl (C=O) groups excluding carboxylic acids is 1. The topological polar surface area (TPSA) is 149 Å². The summed E-state index contributed by atoms with van der Waals surface area (Å²) in [6.45, 7) is 3.68. The minimum Gasteiger partial charge on any atom is -0.394 e. The average molecular weight is 762 g/mol.